The van der Waals surface area contributed by atoms with E-state index in [0.717, 1.165) is 23.0 Å². The van der Waals surface area contributed by atoms with E-state index in [0.29, 0.717) is 11.8 Å². The Labute approximate surface area is 101 Å². The summed E-state index contributed by atoms with van der Waals surface area (Å²) in [5.41, 5.74) is 1.95. The Bertz CT molecular complexity index is 529. The van der Waals surface area contributed by atoms with E-state index in [9.17, 15) is 4.39 Å². The van der Waals surface area contributed by atoms with Gasteiger partial charge in [0.1, 0.15) is 11.4 Å². The lowest BCUT2D eigenvalue weighted by Gasteiger charge is -2.29. The fraction of sp³-hybridized carbons (Fsp3) is 0.467. The van der Waals surface area contributed by atoms with Crippen LogP contribution in [0.2, 0.25) is 0 Å². The zero-order chi connectivity index (χ0) is 11.8. The van der Waals surface area contributed by atoms with E-state index in [1.165, 1.54) is 19.3 Å². The second-order valence-electron chi connectivity index (χ2n) is 5.20. The van der Waals surface area contributed by atoms with Crippen molar-refractivity contribution in [3.05, 3.63) is 35.8 Å². The van der Waals surface area contributed by atoms with Gasteiger partial charge in [-0.2, -0.15) is 0 Å². The summed E-state index contributed by atoms with van der Waals surface area (Å²) in [5, 5.41) is 0.887. The van der Waals surface area contributed by atoms with Gasteiger partial charge in [0, 0.05) is 10.9 Å². The van der Waals surface area contributed by atoms with Crippen molar-refractivity contribution < 1.29 is 8.81 Å². The molecule has 1 aromatic carbocycles. The lowest BCUT2D eigenvalue weighted by atomic mass is 9.76. The van der Waals surface area contributed by atoms with Crippen LogP contribution in [-0.4, -0.2) is 0 Å². The summed E-state index contributed by atoms with van der Waals surface area (Å²) in [5.74, 6) is 0.929. The summed E-state index contributed by atoms with van der Waals surface area (Å²) in [7, 11) is 0. The third-order valence-electron chi connectivity index (χ3n) is 4.06. The average molecular weight is 232 g/mol. The van der Waals surface area contributed by atoms with Crippen LogP contribution >= 0.6 is 0 Å². The molecule has 1 fully saturated rings. The minimum Gasteiger partial charge on any atom is -0.464 e. The highest BCUT2D eigenvalue weighted by molar-refractivity contribution is 5.81. The maximum absolute atomic E-state index is 13.6. The van der Waals surface area contributed by atoms with Gasteiger partial charge in [-0.05, 0) is 36.5 Å². The molecule has 0 aliphatic heterocycles. The zero-order valence-electron chi connectivity index (χ0n) is 10.1. The highest BCUT2D eigenvalue weighted by Gasteiger charge is 2.26. The van der Waals surface area contributed by atoms with E-state index in [2.05, 4.69) is 6.92 Å². The van der Waals surface area contributed by atoms with E-state index in [1.54, 1.807) is 18.4 Å². The van der Waals surface area contributed by atoms with Crippen LogP contribution in [0.3, 0.4) is 0 Å². The molecule has 90 valence electrons. The fourth-order valence-electron chi connectivity index (χ4n) is 3.13. The Morgan fingerprint density at radius 1 is 1.24 bits per heavy atom. The van der Waals surface area contributed by atoms with Crippen molar-refractivity contribution in [2.24, 2.45) is 5.92 Å². The van der Waals surface area contributed by atoms with E-state index in [1.807, 2.05) is 6.07 Å². The van der Waals surface area contributed by atoms with Crippen LogP contribution in [0.15, 0.2) is 28.9 Å². The quantitative estimate of drug-likeness (QED) is 0.684. The molecule has 2 atom stereocenters. The van der Waals surface area contributed by atoms with Crippen LogP contribution in [0.5, 0.6) is 0 Å². The maximum Gasteiger partial charge on any atom is 0.137 e. The SMILES string of the molecule is C[C@@H]1CCCC[C@@H]1c1cc(F)cc2ccoc12. The molecule has 2 aromatic rings. The van der Waals surface area contributed by atoms with E-state index in [-0.39, 0.29) is 5.82 Å². The number of halogens is 1. The highest BCUT2D eigenvalue weighted by atomic mass is 19.1. The normalized spacial score (nSPS) is 25.3. The molecule has 0 radical (unpaired) electrons. The van der Waals surface area contributed by atoms with Gasteiger partial charge in [0.2, 0.25) is 0 Å². The Balaban J connectivity index is 2.11. The van der Waals surface area contributed by atoms with Gasteiger partial charge >= 0.3 is 0 Å². The van der Waals surface area contributed by atoms with Gasteiger partial charge in [0.05, 0.1) is 6.26 Å². The molecule has 0 N–H and O–H groups in total. The molecule has 3 rings (SSSR count). The molecule has 0 saturated heterocycles. The summed E-state index contributed by atoms with van der Waals surface area (Å²) in [4.78, 5) is 0. The molecule has 0 bridgehead atoms. The molecule has 17 heavy (non-hydrogen) atoms. The van der Waals surface area contributed by atoms with Crippen molar-refractivity contribution in [3.63, 3.8) is 0 Å². The average Bonchev–Trinajstić information content (AvgIpc) is 2.76. The summed E-state index contributed by atoms with van der Waals surface area (Å²) in [6.45, 7) is 2.27. The van der Waals surface area contributed by atoms with Crippen LogP contribution in [0, 0.1) is 11.7 Å². The minimum atomic E-state index is -0.147. The highest BCUT2D eigenvalue weighted by Crippen LogP contribution is 2.40. The number of furan rings is 1. The predicted octanol–water partition coefficient (Wildman–Crippen LogP) is 4.87. The van der Waals surface area contributed by atoms with E-state index in [4.69, 9.17) is 4.42 Å². The predicted molar refractivity (Wildman–Crippen MR) is 66.5 cm³/mol. The lowest BCUT2D eigenvalue weighted by Crippen LogP contribution is -2.15. The summed E-state index contributed by atoms with van der Waals surface area (Å²) < 4.78 is 19.2. The molecular formula is C15H17FO. The minimum absolute atomic E-state index is 0.147. The number of benzene rings is 1. The summed E-state index contributed by atoms with van der Waals surface area (Å²) in [6, 6.07) is 5.06. The molecular weight excluding hydrogens is 215 g/mol. The van der Waals surface area contributed by atoms with Gasteiger partial charge < -0.3 is 4.42 Å². The van der Waals surface area contributed by atoms with Crippen LogP contribution in [0.25, 0.3) is 11.0 Å². The van der Waals surface area contributed by atoms with Gasteiger partial charge in [0.25, 0.3) is 0 Å². The molecule has 1 saturated carbocycles. The first-order chi connectivity index (χ1) is 8.25. The van der Waals surface area contributed by atoms with E-state index >= 15 is 0 Å². The van der Waals surface area contributed by atoms with Crippen molar-refractivity contribution >= 4 is 11.0 Å². The van der Waals surface area contributed by atoms with Crippen LogP contribution in [0.4, 0.5) is 4.39 Å². The van der Waals surface area contributed by atoms with E-state index < -0.39 is 0 Å². The molecule has 1 aliphatic rings. The number of fused-ring (bicyclic) bond motifs is 1. The Kier molecular flexibility index (Phi) is 2.65. The molecule has 0 spiro atoms. The molecule has 1 aliphatic carbocycles. The first-order valence-corrected chi connectivity index (χ1v) is 6.42. The van der Waals surface area contributed by atoms with Gasteiger partial charge in [-0.1, -0.05) is 26.2 Å². The van der Waals surface area contributed by atoms with Gasteiger partial charge in [-0.15, -0.1) is 0 Å². The third kappa shape index (κ3) is 1.86. The monoisotopic (exact) mass is 232 g/mol. The number of hydrogen-bond donors (Lipinski definition) is 0. The lowest BCUT2D eigenvalue weighted by molar-refractivity contribution is 0.329. The van der Waals surface area contributed by atoms with Gasteiger partial charge in [-0.25, -0.2) is 4.39 Å². The second kappa shape index (κ2) is 4.17. The largest absolute Gasteiger partial charge is 0.464 e. The van der Waals surface area contributed by atoms with Crippen molar-refractivity contribution in [1.82, 2.24) is 0 Å². The summed E-state index contributed by atoms with van der Waals surface area (Å²) >= 11 is 0. The molecule has 1 aromatic heterocycles. The summed E-state index contributed by atoms with van der Waals surface area (Å²) in [6.07, 6.45) is 6.59. The fourth-order valence-corrected chi connectivity index (χ4v) is 3.13. The zero-order valence-corrected chi connectivity index (χ0v) is 10.1. The smallest absolute Gasteiger partial charge is 0.137 e. The third-order valence-corrected chi connectivity index (χ3v) is 4.06. The first-order valence-electron chi connectivity index (χ1n) is 6.42. The topological polar surface area (TPSA) is 13.1 Å². The first kappa shape index (κ1) is 10.8. The maximum atomic E-state index is 13.6. The van der Waals surface area contributed by atoms with Crippen LogP contribution < -0.4 is 0 Å². The molecule has 0 unspecified atom stereocenters. The molecule has 1 heterocycles. The van der Waals surface area contributed by atoms with Crippen LogP contribution in [-0.2, 0) is 0 Å². The van der Waals surface area contributed by atoms with Crippen molar-refractivity contribution in [2.45, 2.75) is 38.5 Å². The Hall–Kier alpha value is -1.31. The van der Waals surface area contributed by atoms with Gasteiger partial charge in [-0.3, -0.25) is 0 Å². The van der Waals surface area contributed by atoms with Crippen LogP contribution in [0.1, 0.15) is 44.1 Å². The Morgan fingerprint density at radius 2 is 2.06 bits per heavy atom. The molecule has 2 heteroatoms. The molecule has 1 nitrogen and oxygen atoms in total. The van der Waals surface area contributed by atoms with Crippen molar-refractivity contribution in [2.75, 3.05) is 0 Å². The second-order valence-corrected chi connectivity index (χ2v) is 5.20. The number of hydrogen-bond acceptors (Lipinski definition) is 1. The van der Waals surface area contributed by atoms with Gasteiger partial charge in [0.15, 0.2) is 0 Å². The Morgan fingerprint density at radius 3 is 2.88 bits per heavy atom. The van der Waals surface area contributed by atoms with Crippen molar-refractivity contribution in [3.8, 4) is 0 Å². The standard InChI is InChI=1S/C15H17FO/c1-10-4-2-3-5-13(10)14-9-12(16)8-11-6-7-17-15(11)14/h6-10,13H,2-5H2,1H3/t10-,13+/m1/s1. The molecule has 0 amide bonds. The van der Waals surface area contributed by atoms with Crippen molar-refractivity contribution in [1.29, 1.82) is 0 Å². The number of rotatable bonds is 1.